The van der Waals surface area contributed by atoms with Gasteiger partial charge in [0.15, 0.2) is 0 Å². The Kier molecular flexibility index (Phi) is 6.70. The molecule has 1 N–H and O–H groups in total. The molecular formula is C20H28O2. The molecule has 1 aliphatic rings. The molecule has 0 aliphatic heterocycles. The Morgan fingerprint density at radius 3 is 2.41 bits per heavy atom. The molecule has 0 radical (unpaired) electrons. The first-order chi connectivity index (χ1) is 10.7. The summed E-state index contributed by atoms with van der Waals surface area (Å²) in [4.78, 5) is 10.5. The zero-order chi connectivity index (χ0) is 15.8. The highest BCUT2D eigenvalue weighted by molar-refractivity contribution is 5.85. The second-order valence-corrected chi connectivity index (χ2v) is 6.55. The molecule has 1 aromatic rings. The minimum atomic E-state index is -0.898. The minimum Gasteiger partial charge on any atom is -0.478 e. The first kappa shape index (κ1) is 16.8. The standard InChI is InChI=1S/C20H28O2/c1-2-3-4-5-16-6-11-18(12-7-16)19-13-8-17(9-14-19)10-15-20(21)22/h8-10,13-16,18H,2-7,11-12H2,1H3,(H,21,22)/t16-,18+. The highest BCUT2D eigenvalue weighted by Gasteiger charge is 2.21. The summed E-state index contributed by atoms with van der Waals surface area (Å²) in [6.45, 7) is 2.27. The van der Waals surface area contributed by atoms with Crippen molar-refractivity contribution in [2.24, 2.45) is 5.92 Å². The van der Waals surface area contributed by atoms with Crippen LogP contribution in [-0.2, 0) is 4.79 Å². The molecule has 0 atom stereocenters. The number of benzene rings is 1. The molecule has 2 nitrogen and oxygen atoms in total. The Balaban J connectivity index is 1.82. The minimum absolute atomic E-state index is 0.694. The lowest BCUT2D eigenvalue weighted by atomic mass is 9.77. The summed E-state index contributed by atoms with van der Waals surface area (Å²) in [5, 5.41) is 8.65. The summed E-state index contributed by atoms with van der Waals surface area (Å²) in [5.41, 5.74) is 2.37. The smallest absolute Gasteiger partial charge is 0.328 e. The third-order valence-corrected chi connectivity index (χ3v) is 4.89. The lowest BCUT2D eigenvalue weighted by Crippen LogP contribution is -2.13. The zero-order valence-corrected chi connectivity index (χ0v) is 13.6. The third-order valence-electron chi connectivity index (χ3n) is 4.89. The maximum atomic E-state index is 10.5. The summed E-state index contributed by atoms with van der Waals surface area (Å²) in [7, 11) is 0. The number of hydrogen-bond acceptors (Lipinski definition) is 1. The molecule has 0 saturated heterocycles. The van der Waals surface area contributed by atoms with E-state index in [0.29, 0.717) is 5.92 Å². The van der Waals surface area contributed by atoms with Crippen molar-refractivity contribution >= 4 is 12.0 Å². The van der Waals surface area contributed by atoms with Crippen molar-refractivity contribution in [2.45, 2.75) is 64.2 Å². The Bertz CT molecular complexity index is 479. The third kappa shape index (κ3) is 5.32. The predicted molar refractivity (Wildman–Crippen MR) is 92.0 cm³/mol. The number of carboxylic acid groups (broad SMARTS) is 1. The van der Waals surface area contributed by atoms with Crippen molar-refractivity contribution in [3.63, 3.8) is 0 Å². The van der Waals surface area contributed by atoms with Crippen LogP contribution in [0.3, 0.4) is 0 Å². The maximum absolute atomic E-state index is 10.5. The molecule has 1 aliphatic carbocycles. The Hall–Kier alpha value is -1.57. The van der Waals surface area contributed by atoms with Crippen molar-refractivity contribution in [3.8, 4) is 0 Å². The summed E-state index contributed by atoms with van der Waals surface area (Å²) in [5.74, 6) is 0.742. The topological polar surface area (TPSA) is 37.3 Å². The number of unbranched alkanes of at least 4 members (excludes halogenated alkanes) is 2. The number of hydrogen-bond donors (Lipinski definition) is 1. The molecule has 120 valence electrons. The van der Waals surface area contributed by atoms with Crippen LogP contribution in [0.2, 0.25) is 0 Å². The number of aliphatic carboxylic acids is 1. The lowest BCUT2D eigenvalue weighted by Gasteiger charge is -2.29. The molecule has 0 spiro atoms. The van der Waals surface area contributed by atoms with Crippen molar-refractivity contribution in [1.29, 1.82) is 0 Å². The van der Waals surface area contributed by atoms with Gasteiger partial charge in [-0.15, -0.1) is 0 Å². The number of carbonyl (C=O) groups is 1. The first-order valence-electron chi connectivity index (χ1n) is 8.70. The summed E-state index contributed by atoms with van der Waals surface area (Å²) >= 11 is 0. The van der Waals surface area contributed by atoms with Gasteiger partial charge in [-0.3, -0.25) is 0 Å². The van der Waals surface area contributed by atoms with E-state index in [2.05, 4.69) is 19.1 Å². The van der Waals surface area contributed by atoms with Gasteiger partial charge < -0.3 is 5.11 Å². The highest BCUT2D eigenvalue weighted by Crippen LogP contribution is 2.37. The molecular weight excluding hydrogens is 272 g/mol. The molecule has 2 rings (SSSR count). The van der Waals surface area contributed by atoms with Gasteiger partial charge in [-0.25, -0.2) is 4.79 Å². The van der Waals surface area contributed by atoms with Gasteiger partial charge in [0.1, 0.15) is 0 Å². The van der Waals surface area contributed by atoms with Gasteiger partial charge in [-0.1, -0.05) is 56.9 Å². The fraction of sp³-hybridized carbons (Fsp3) is 0.550. The lowest BCUT2D eigenvalue weighted by molar-refractivity contribution is -0.131. The summed E-state index contributed by atoms with van der Waals surface area (Å²) < 4.78 is 0. The van der Waals surface area contributed by atoms with E-state index < -0.39 is 5.97 Å². The SMILES string of the molecule is CCCCC[C@H]1CC[C@@H](c2ccc(C=CC(=O)O)cc2)CC1. The number of carboxylic acids is 1. The molecule has 0 amide bonds. The van der Waals surface area contributed by atoms with Gasteiger partial charge in [-0.2, -0.15) is 0 Å². The monoisotopic (exact) mass is 300 g/mol. The van der Waals surface area contributed by atoms with E-state index in [-0.39, 0.29) is 0 Å². The highest BCUT2D eigenvalue weighted by atomic mass is 16.4. The van der Waals surface area contributed by atoms with Crippen molar-refractivity contribution in [2.75, 3.05) is 0 Å². The largest absolute Gasteiger partial charge is 0.478 e. The van der Waals surface area contributed by atoms with E-state index in [1.165, 1.54) is 63.0 Å². The Morgan fingerprint density at radius 2 is 1.82 bits per heavy atom. The average molecular weight is 300 g/mol. The van der Waals surface area contributed by atoms with Gasteiger partial charge in [0.25, 0.3) is 0 Å². The normalized spacial score (nSPS) is 22.0. The van der Waals surface area contributed by atoms with Crippen LogP contribution >= 0.6 is 0 Å². The van der Waals surface area contributed by atoms with E-state index in [9.17, 15) is 4.79 Å². The quantitative estimate of drug-likeness (QED) is 0.522. The Labute approximate surface area is 134 Å². The molecule has 0 aromatic heterocycles. The first-order valence-corrected chi connectivity index (χ1v) is 8.70. The summed E-state index contributed by atoms with van der Waals surface area (Å²) in [6.07, 6.45) is 13.7. The maximum Gasteiger partial charge on any atom is 0.328 e. The van der Waals surface area contributed by atoms with Gasteiger partial charge in [0.2, 0.25) is 0 Å². The fourth-order valence-corrected chi connectivity index (χ4v) is 3.51. The molecule has 0 bridgehead atoms. The van der Waals surface area contributed by atoms with Crippen LogP contribution < -0.4 is 0 Å². The molecule has 0 unspecified atom stereocenters. The van der Waals surface area contributed by atoms with Crippen LogP contribution in [0, 0.1) is 5.92 Å². The van der Waals surface area contributed by atoms with Gasteiger partial charge in [0.05, 0.1) is 0 Å². The van der Waals surface area contributed by atoms with Crippen LogP contribution in [0.5, 0.6) is 0 Å². The molecule has 0 heterocycles. The van der Waals surface area contributed by atoms with Crippen LogP contribution in [0.1, 0.15) is 75.3 Å². The van der Waals surface area contributed by atoms with E-state index >= 15 is 0 Å². The molecule has 1 aromatic carbocycles. The van der Waals surface area contributed by atoms with Crippen LogP contribution in [0.15, 0.2) is 30.3 Å². The predicted octanol–water partition coefficient (Wildman–Crippen LogP) is 5.64. The van der Waals surface area contributed by atoms with E-state index in [1.54, 1.807) is 6.08 Å². The van der Waals surface area contributed by atoms with Gasteiger partial charge >= 0.3 is 5.97 Å². The van der Waals surface area contributed by atoms with Crippen molar-refractivity contribution < 1.29 is 9.90 Å². The molecule has 2 heteroatoms. The fourth-order valence-electron chi connectivity index (χ4n) is 3.51. The Morgan fingerprint density at radius 1 is 1.14 bits per heavy atom. The molecule has 1 fully saturated rings. The second-order valence-electron chi connectivity index (χ2n) is 6.55. The van der Waals surface area contributed by atoms with E-state index in [4.69, 9.17) is 5.11 Å². The van der Waals surface area contributed by atoms with Gasteiger partial charge in [-0.05, 0) is 54.7 Å². The molecule has 1 saturated carbocycles. The van der Waals surface area contributed by atoms with Crippen LogP contribution in [0.4, 0.5) is 0 Å². The van der Waals surface area contributed by atoms with E-state index in [0.717, 1.165) is 11.5 Å². The van der Waals surface area contributed by atoms with Gasteiger partial charge in [0, 0.05) is 6.08 Å². The summed E-state index contributed by atoms with van der Waals surface area (Å²) in [6, 6.07) is 8.40. The van der Waals surface area contributed by atoms with Crippen LogP contribution in [-0.4, -0.2) is 11.1 Å². The van der Waals surface area contributed by atoms with Crippen LogP contribution in [0.25, 0.3) is 6.08 Å². The second kappa shape index (κ2) is 8.77. The van der Waals surface area contributed by atoms with E-state index in [1.807, 2.05) is 12.1 Å². The van der Waals surface area contributed by atoms with Crippen molar-refractivity contribution in [3.05, 3.63) is 41.5 Å². The zero-order valence-electron chi connectivity index (χ0n) is 13.6. The number of rotatable bonds is 7. The molecule has 22 heavy (non-hydrogen) atoms. The average Bonchev–Trinajstić information content (AvgIpc) is 2.54. The van der Waals surface area contributed by atoms with Crippen molar-refractivity contribution in [1.82, 2.24) is 0 Å².